The maximum Gasteiger partial charge on any atom is 0.243 e. The van der Waals surface area contributed by atoms with Gasteiger partial charge in [-0.05, 0) is 75.4 Å². The quantitative estimate of drug-likeness (QED) is 0.841. The summed E-state index contributed by atoms with van der Waals surface area (Å²) in [5, 5.41) is 2.62. The maximum atomic E-state index is 12.9. The molecular weight excluding hydrogens is 350 g/mol. The SMILES string of the molecule is Cc1ccc(NC(=O)C(C)NS(=O)(=O)c2c(C)c(C)cc(C)c2C)nc1. The van der Waals surface area contributed by atoms with Gasteiger partial charge >= 0.3 is 0 Å². The van der Waals surface area contributed by atoms with Gasteiger partial charge in [-0.1, -0.05) is 12.1 Å². The lowest BCUT2D eigenvalue weighted by molar-refractivity contribution is -0.117. The molecule has 1 atom stereocenters. The van der Waals surface area contributed by atoms with Crippen LogP contribution < -0.4 is 10.0 Å². The summed E-state index contributed by atoms with van der Waals surface area (Å²) in [7, 11) is -3.84. The number of amides is 1. The third-order valence-electron chi connectivity index (χ3n) is 4.45. The van der Waals surface area contributed by atoms with Crippen LogP contribution in [0.4, 0.5) is 5.82 Å². The van der Waals surface area contributed by atoms with Gasteiger partial charge in [0.15, 0.2) is 0 Å². The standard InChI is InChI=1S/C19H25N3O3S/c1-11-7-8-17(20-10-11)21-19(23)16(6)22-26(24,25)18-14(4)12(2)9-13(3)15(18)5/h7-10,16,22H,1-6H3,(H,20,21,23). The number of carbonyl (C=O) groups is 1. The highest BCUT2D eigenvalue weighted by Crippen LogP contribution is 2.26. The lowest BCUT2D eigenvalue weighted by Crippen LogP contribution is -2.42. The summed E-state index contributed by atoms with van der Waals surface area (Å²) < 4.78 is 28.2. The van der Waals surface area contributed by atoms with E-state index in [0.29, 0.717) is 16.9 Å². The Morgan fingerprint density at radius 3 is 2.12 bits per heavy atom. The van der Waals surface area contributed by atoms with E-state index in [1.807, 2.05) is 32.9 Å². The van der Waals surface area contributed by atoms with Crippen molar-refractivity contribution >= 4 is 21.7 Å². The van der Waals surface area contributed by atoms with Gasteiger partial charge in [0.1, 0.15) is 5.82 Å². The van der Waals surface area contributed by atoms with Crippen molar-refractivity contribution in [1.29, 1.82) is 0 Å². The number of anilines is 1. The molecule has 7 heteroatoms. The number of hydrogen-bond donors (Lipinski definition) is 2. The zero-order chi connectivity index (χ0) is 19.6. The number of carbonyl (C=O) groups excluding carboxylic acids is 1. The largest absolute Gasteiger partial charge is 0.309 e. The van der Waals surface area contributed by atoms with Crippen LogP contribution in [0.15, 0.2) is 29.3 Å². The second kappa shape index (κ2) is 7.55. The number of benzene rings is 1. The summed E-state index contributed by atoms with van der Waals surface area (Å²) >= 11 is 0. The van der Waals surface area contributed by atoms with Crippen molar-refractivity contribution in [3.05, 3.63) is 52.2 Å². The highest BCUT2D eigenvalue weighted by molar-refractivity contribution is 7.89. The molecule has 2 N–H and O–H groups in total. The third-order valence-corrected chi connectivity index (χ3v) is 6.27. The molecule has 0 saturated carbocycles. The van der Waals surface area contributed by atoms with Crippen molar-refractivity contribution in [2.24, 2.45) is 0 Å². The Morgan fingerprint density at radius 1 is 1.04 bits per heavy atom. The van der Waals surface area contributed by atoms with Gasteiger partial charge in [0.25, 0.3) is 0 Å². The molecule has 26 heavy (non-hydrogen) atoms. The topological polar surface area (TPSA) is 88.2 Å². The molecule has 2 rings (SSSR count). The summed E-state index contributed by atoms with van der Waals surface area (Å²) in [6.45, 7) is 10.7. The van der Waals surface area contributed by atoms with Gasteiger partial charge in [-0.3, -0.25) is 4.79 Å². The minimum Gasteiger partial charge on any atom is -0.309 e. The van der Waals surface area contributed by atoms with Crippen LogP contribution in [-0.4, -0.2) is 25.4 Å². The summed E-state index contributed by atoms with van der Waals surface area (Å²) in [6, 6.07) is 4.51. The first-order valence-electron chi connectivity index (χ1n) is 8.36. The van der Waals surface area contributed by atoms with Crippen molar-refractivity contribution in [3.8, 4) is 0 Å². The van der Waals surface area contributed by atoms with Crippen molar-refractivity contribution in [1.82, 2.24) is 9.71 Å². The van der Waals surface area contributed by atoms with Gasteiger partial charge in [-0.25, -0.2) is 13.4 Å². The number of aromatic nitrogens is 1. The number of nitrogens with zero attached hydrogens (tertiary/aromatic N) is 1. The van der Waals surface area contributed by atoms with Gasteiger partial charge in [0.2, 0.25) is 15.9 Å². The Balaban J connectivity index is 2.24. The molecule has 0 spiro atoms. The van der Waals surface area contributed by atoms with E-state index < -0.39 is 22.0 Å². The minimum absolute atomic E-state index is 0.239. The first kappa shape index (κ1) is 20.1. The first-order valence-corrected chi connectivity index (χ1v) is 9.84. The normalized spacial score (nSPS) is 12.7. The zero-order valence-electron chi connectivity index (χ0n) is 16.0. The fourth-order valence-electron chi connectivity index (χ4n) is 2.71. The Labute approximate surface area is 155 Å². The van der Waals surface area contributed by atoms with E-state index in [0.717, 1.165) is 16.7 Å². The molecule has 1 heterocycles. The minimum atomic E-state index is -3.84. The zero-order valence-corrected chi connectivity index (χ0v) is 16.8. The molecule has 0 fully saturated rings. The fourth-order valence-corrected chi connectivity index (χ4v) is 4.52. The molecule has 0 saturated heterocycles. The average molecular weight is 375 g/mol. The highest BCUT2D eigenvalue weighted by atomic mass is 32.2. The molecule has 1 amide bonds. The molecule has 6 nitrogen and oxygen atoms in total. The molecule has 0 aliphatic carbocycles. The van der Waals surface area contributed by atoms with Crippen LogP contribution >= 0.6 is 0 Å². The molecule has 1 aromatic heterocycles. The van der Waals surface area contributed by atoms with E-state index in [2.05, 4.69) is 15.0 Å². The Bertz CT molecular complexity index is 909. The van der Waals surface area contributed by atoms with Crippen LogP contribution in [0.2, 0.25) is 0 Å². The maximum absolute atomic E-state index is 12.9. The van der Waals surface area contributed by atoms with Gasteiger partial charge in [-0.15, -0.1) is 0 Å². The van der Waals surface area contributed by atoms with Crippen LogP contribution in [0, 0.1) is 34.6 Å². The second-order valence-corrected chi connectivity index (χ2v) is 8.29. The van der Waals surface area contributed by atoms with E-state index in [1.165, 1.54) is 6.92 Å². The fraction of sp³-hybridized carbons (Fsp3) is 0.368. The van der Waals surface area contributed by atoms with E-state index in [-0.39, 0.29) is 4.90 Å². The van der Waals surface area contributed by atoms with E-state index in [9.17, 15) is 13.2 Å². The lowest BCUT2D eigenvalue weighted by Gasteiger charge is -2.19. The number of sulfonamides is 1. The molecule has 0 aliphatic rings. The number of aryl methyl sites for hydroxylation is 3. The highest BCUT2D eigenvalue weighted by Gasteiger charge is 2.26. The third kappa shape index (κ3) is 4.28. The molecule has 1 aromatic carbocycles. The van der Waals surface area contributed by atoms with Gasteiger partial charge < -0.3 is 5.32 Å². The number of rotatable bonds is 5. The number of pyridine rings is 1. The molecule has 140 valence electrons. The van der Waals surface area contributed by atoms with Crippen LogP contribution in [0.5, 0.6) is 0 Å². The Morgan fingerprint density at radius 2 is 1.62 bits per heavy atom. The van der Waals surface area contributed by atoms with E-state index in [1.54, 1.807) is 26.1 Å². The first-order chi connectivity index (χ1) is 12.0. The number of nitrogens with one attached hydrogen (secondary N) is 2. The summed E-state index contributed by atoms with van der Waals surface area (Å²) in [5.41, 5.74) is 4.14. The van der Waals surface area contributed by atoms with Crippen molar-refractivity contribution in [2.45, 2.75) is 52.5 Å². The lowest BCUT2D eigenvalue weighted by atomic mass is 10.0. The summed E-state index contributed by atoms with van der Waals surface area (Å²) in [5.74, 6) is -0.0879. The van der Waals surface area contributed by atoms with Crippen molar-refractivity contribution < 1.29 is 13.2 Å². The van der Waals surface area contributed by atoms with Gasteiger partial charge in [0, 0.05) is 6.20 Å². The molecule has 0 radical (unpaired) electrons. The predicted octanol–water partition coefficient (Wildman–Crippen LogP) is 2.93. The Hall–Kier alpha value is -2.25. The van der Waals surface area contributed by atoms with E-state index >= 15 is 0 Å². The van der Waals surface area contributed by atoms with Crippen molar-refractivity contribution in [2.75, 3.05) is 5.32 Å². The second-order valence-electron chi connectivity index (χ2n) is 6.64. The number of hydrogen-bond acceptors (Lipinski definition) is 4. The molecular formula is C19H25N3O3S. The van der Waals surface area contributed by atoms with Gasteiger partial charge in [-0.2, -0.15) is 4.72 Å². The summed E-state index contributed by atoms with van der Waals surface area (Å²) in [6.07, 6.45) is 1.63. The molecule has 0 aliphatic heterocycles. The van der Waals surface area contributed by atoms with Gasteiger partial charge in [0.05, 0.1) is 10.9 Å². The molecule has 1 unspecified atom stereocenters. The Kier molecular flexibility index (Phi) is 5.83. The van der Waals surface area contributed by atoms with Crippen LogP contribution in [0.25, 0.3) is 0 Å². The molecule has 0 bridgehead atoms. The van der Waals surface area contributed by atoms with Crippen LogP contribution in [-0.2, 0) is 14.8 Å². The van der Waals surface area contributed by atoms with Crippen molar-refractivity contribution in [3.63, 3.8) is 0 Å². The average Bonchev–Trinajstić information content (AvgIpc) is 2.54. The summed E-state index contributed by atoms with van der Waals surface area (Å²) in [4.78, 5) is 16.7. The van der Waals surface area contributed by atoms with E-state index in [4.69, 9.17) is 0 Å². The smallest absolute Gasteiger partial charge is 0.243 e. The molecule has 2 aromatic rings. The predicted molar refractivity (Wildman–Crippen MR) is 103 cm³/mol. The monoisotopic (exact) mass is 375 g/mol. The van der Waals surface area contributed by atoms with Crippen LogP contribution in [0.1, 0.15) is 34.7 Å². The van der Waals surface area contributed by atoms with Crippen LogP contribution in [0.3, 0.4) is 0 Å².